The number of aryl methyl sites for hydroxylation is 1. The molecule has 0 radical (unpaired) electrons. The Morgan fingerprint density at radius 2 is 1.58 bits per heavy atom. The minimum Gasteiger partial charge on any atom is -0.486 e. The molecule has 0 aromatic heterocycles. The van der Waals surface area contributed by atoms with Crippen LogP contribution >= 0.6 is 0 Å². The summed E-state index contributed by atoms with van der Waals surface area (Å²) in [5.41, 5.74) is 4.39. The summed E-state index contributed by atoms with van der Waals surface area (Å²) in [7, 11) is 0. The van der Waals surface area contributed by atoms with Crippen LogP contribution in [0.5, 0.6) is 11.5 Å². The molecule has 1 fully saturated rings. The Morgan fingerprint density at radius 1 is 0.833 bits per heavy atom. The summed E-state index contributed by atoms with van der Waals surface area (Å²) in [6.07, 6.45) is -0.407. The Kier molecular flexibility index (Phi) is 5.85. The maximum absolute atomic E-state index is 13.5. The molecule has 0 N–H and O–H groups in total. The maximum Gasteiger partial charge on any atom is 0.263 e. The van der Waals surface area contributed by atoms with Crippen LogP contribution in [0.4, 0.5) is 5.69 Å². The lowest BCUT2D eigenvalue weighted by atomic mass is 10.1. The minimum atomic E-state index is -0.407. The molecule has 2 amide bonds. The van der Waals surface area contributed by atoms with E-state index in [1.807, 2.05) is 36.4 Å². The van der Waals surface area contributed by atoms with Crippen molar-refractivity contribution in [3.05, 3.63) is 89.0 Å². The number of amides is 2. The largest absolute Gasteiger partial charge is 0.486 e. The monoisotopic (exact) mass is 483 g/mol. The van der Waals surface area contributed by atoms with Crippen LogP contribution in [0.25, 0.3) is 0 Å². The van der Waals surface area contributed by atoms with Gasteiger partial charge in [-0.3, -0.25) is 19.4 Å². The van der Waals surface area contributed by atoms with Crippen molar-refractivity contribution in [3.8, 4) is 11.5 Å². The van der Waals surface area contributed by atoms with E-state index < -0.39 is 6.10 Å². The fourth-order valence-corrected chi connectivity index (χ4v) is 5.20. The van der Waals surface area contributed by atoms with Gasteiger partial charge in [0.05, 0.1) is 23.4 Å². The Balaban J connectivity index is 1.14. The van der Waals surface area contributed by atoms with E-state index in [1.54, 1.807) is 6.07 Å². The third kappa shape index (κ3) is 4.20. The first kappa shape index (κ1) is 22.6. The minimum absolute atomic E-state index is 0.157. The number of hydrogen-bond acceptors (Lipinski definition) is 6. The fraction of sp³-hybridized carbons (Fsp3) is 0.310. The molecule has 7 nitrogen and oxygen atoms in total. The quantitative estimate of drug-likeness (QED) is 0.515. The van der Waals surface area contributed by atoms with Gasteiger partial charge in [-0.2, -0.15) is 0 Å². The van der Waals surface area contributed by atoms with Crippen molar-refractivity contribution in [2.75, 3.05) is 44.2 Å². The summed E-state index contributed by atoms with van der Waals surface area (Å²) in [4.78, 5) is 32.7. The van der Waals surface area contributed by atoms with Crippen molar-refractivity contribution in [1.82, 2.24) is 9.80 Å². The average molecular weight is 484 g/mol. The molecule has 1 atom stereocenters. The van der Waals surface area contributed by atoms with Crippen LogP contribution < -0.4 is 14.4 Å². The van der Waals surface area contributed by atoms with Crippen molar-refractivity contribution in [2.45, 2.75) is 19.6 Å². The van der Waals surface area contributed by atoms with Crippen LogP contribution in [0.2, 0.25) is 0 Å². The van der Waals surface area contributed by atoms with Gasteiger partial charge in [0, 0.05) is 32.7 Å². The summed E-state index contributed by atoms with van der Waals surface area (Å²) in [5, 5.41) is 0. The second kappa shape index (κ2) is 9.32. The number of ether oxygens (including phenoxy) is 2. The van der Waals surface area contributed by atoms with E-state index in [2.05, 4.69) is 41.0 Å². The zero-order valence-electron chi connectivity index (χ0n) is 20.4. The number of hydrogen-bond donors (Lipinski definition) is 0. The van der Waals surface area contributed by atoms with Crippen molar-refractivity contribution in [1.29, 1.82) is 0 Å². The summed E-state index contributed by atoms with van der Waals surface area (Å²) in [6.45, 7) is 6.87. The predicted octanol–water partition coefficient (Wildman–Crippen LogP) is 3.75. The van der Waals surface area contributed by atoms with Crippen LogP contribution in [0.3, 0.4) is 0 Å². The molecule has 1 unspecified atom stereocenters. The maximum atomic E-state index is 13.5. The van der Waals surface area contributed by atoms with Gasteiger partial charge < -0.3 is 14.4 Å². The number of fused-ring (bicyclic) bond motifs is 2. The molecule has 0 aliphatic carbocycles. The topological polar surface area (TPSA) is 62.3 Å². The van der Waals surface area contributed by atoms with Gasteiger partial charge >= 0.3 is 0 Å². The molecular formula is C29H29N3O4. The normalized spacial score (nSPS) is 19.5. The van der Waals surface area contributed by atoms with Crippen LogP contribution in [-0.2, 0) is 6.54 Å². The van der Waals surface area contributed by atoms with E-state index >= 15 is 0 Å². The number of imide groups is 1. The highest BCUT2D eigenvalue weighted by atomic mass is 16.6. The SMILES string of the molecule is Cc1ccc(CN2CCN(c3cccc4c3C(=O)N(CC3COc5ccccc5O3)C4=O)CC2)cc1. The van der Waals surface area contributed by atoms with Crippen molar-refractivity contribution in [3.63, 3.8) is 0 Å². The van der Waals surface area contributed by atoms with Gasteiger partial charge in [0.1, 0.15) is 6.61 Å². The number of nitrogens with zero attached hydrogens (tertiary/aromatic N) is 3. The van der Waals surface area contributed by atoms with Crippen LogP contribution in [0, 0.1) is 6.92 Å². The van der Waals surface area contributed by atoms with Gasteiger partial charge in [-0.15, -0.1) is 0 Å². The number of benzene rings is 3. The molecule has 1 saturated heterocycles. The first-order valence-electron chi connectivity index (χ1n) is 12.5. The molecule has 0 bridgehead atoms. The van der Waals surface area contributed by atoms with E-state index in [0.29, 0.717) is 29.2 Å². The first-order valence-corrected chi connectivity index (χ1v) is 12.5. The molecule has 184 valence electrons. The molecule has 3 aromatic carbocycles. The molecule has 3 aromatic rings. The van der Waals surface area contributed by atoms with E-state index in [0.717, 1.165) is 38.4 Å². The number of para-hydroxylation sites is 2. The van der Waals surface area contributed by atoms with Gasteiger partial charge in [-0.05, 0) is 36.8 Å². The lowest BCUT2D eigenvalue weighted by molar-refractivity contribution is 0.0430. The number of rotatable bonds is 5. The van der Waals surface area contributed by atoms with Crippen molar-refractivity contribution in [2.24, 2.45) is 0 Å². The van der Waals surface area contributed by atoms with Crippen molar-refractivity contribution < 1.29 is 19.1 Å². The summed E-state index contributed by atoms with van der Waals surface area (Å²) < 4.78 is 11.8. The molecule has 7 heteroatoms. The number of piperazine rings is 1. The Hall–Kier alpha value is -3.84. The Bertz CT molecular complexity index is 1300. The van der Waals surface area contributed by atoms with Gasteiger partial charge in [0.25, 0.3) is 11.8 Å². The highest BCUT2D eigenvalue weighted by Gasteiger charge is 2.40. The Morgan fingerprint density at radius 3 is 2.36 bits per heavy atom. The smallest absolute Gasteiger partial charge is 0.263 e. The van der Waals surface area contributed by atoms with Gasteiger partial charge in [0.15, 0.2) is 17.6 Å². The van der Waals surface area contributed by atoms with E-state index in [1.165, 1.54) is 16.0 Å². The lowest BCUT2D eigenvalue weighted by Crippen LogP contribution is -2.46. The molecule has 0 saturated carbocycles. The number of anilines is 1. The summed E-state index contributed by atoms with van der Waals surface area (Å²) >= 11 is 0. The average Bonchev–Trinajstić information content (AvgIpc) is 3.15. The standard InChI is InChI=1S/C29H29N3O4/c1-20-9-11-21(12-10-20)17-30-13-15-31(16-14-30)24-6-4-5-23-27(24)29(34)32(28(23)33)18-22-19-35-25-7-2-3-8-26(25)36-22/h2-12,22H,13-19H2,1H3. The summed E-state index contributed by atoms with van der Waals surface area (Å²) in [6, 6.07) is 21.7. The highest BCUT2D eigenvalue weighted by molar-refractivity contribution is 6.23. The zero-order chi connectivity index (χ0) is 24.6. The third-order valence-electron chi connectivity index (χ3n) is 7.17. The van der Waals surface area contributed by atoms with Crippen molar-refractivity contribution >= 4 is 17.5 Å². The summed E-state index contributed by atoms with van der Waals surface area (Å²) in [5.74, 6) is 0.793. The fourth-order valence-electron chi connectivity index (χ4n) is 5.20. The zero-order valence-corrected chi connectivity index (χ0v) is 20.4. The molecule has 3 aliphatic rings. The van der Waals surface area contributed by atoms with Crippen LogP contribution in [0.1, 0.15) is 31.8 Å². The number of carbonyl (C=O) groups excluding carboxylic acids is 2. The van der Waals surface area contributed by atoms with Gasteiger partial charge in [-0.1, -0.05) is 48.0 Å². The predicted molar refractivity (Wildman–Crippen MR) is 137 cm³/mol. The van der Waals surface area contributed by atoms with Gasteiger partial charge in [0.2, 0.25) is 0 Å². The van der Waals surface area contributed by atoms with Crippen LogP contribution in [-0.4, -0.2) is 67.0 Å². The lowest BCUT2D eigenvalue weighted by Gasteiger charge is -2.36. The molecule has 36 heavy (non-hydrogen) atoms. The molecule has 0 spiro atoms. The molecular weight excluding hydrogens is 454 g/mol. The Labute approximate surface area is 210 Å². The van der Waals surface area contributed by atoms with E-state index in [9.17, 15) is 9.59 Å². The first-order chi connectivity index (χ1) is 17.6. The molecule has 3 heterocycles. The van der Waals surface area contributed by atoms with Crippen LogP contribution in [0.15, 0.2) is 66.7 Å². The van der Waals surface area contributed by atoms with E-state index in [4.69, 9.17) is 9.47 Å². The second-order valence-electron chi connectivity index (χ2n) is 9.67. The second-order valence-corrected chi connectivity index (χ2v) is 9.67. The number of carbonyl (C=O) groups is 2. The third-order valence-corrected chi connectivity index (χ3v) is 7.17. The molecule has 6 rings (SSSR count). The van der Waals surface area contributed by atoms with E-state index in [-0.39, 0.29) is 18.4 Å². The van der Waals surface area contributed by atoms with Gasteiger partial charge in [-0.25, -0.2) is 0 Å². The highest BCUT2D eigenvalue weighted by Crippen LogP contribution is 2.35. The molecule has 3 aliphatic heterocycles.